The van der Waals surface area contributed by atoms with Crippen molar-refractivity contribution in [3.8, 4) is 0 Å². The molecule has 1 N–H and O–H groups in total. The van der Waals surface area contributed by atoms with Crippen molar-refractivity contribution in [3.63, 3.8) is 0 Å². The Morgan fingerprint density at radius 3 is 3.18 bits per heavy atom. The molecule has 1 saturated heterocycles. The van der Waals surface area contributed by atoms with Crippen LogP contribution in [-0.2, 0) is 6.42 Å². The zero-order valence-electron chi connectivity index (χ0n) is 9.56. The minimum absolute atomic E-state index is 0.271. The molecule has 0 bridgehead atoms. The normalized spacial score (nSPS) is 20.9. The van der Waals surface area contributed by atoms with Gasteiger partial charge in [0, 0.05) is 24.7 Å². The minimum Gasteiger partial charge on any atom is -0.314 e. The van der Waals surface area contributed by atoms with Crippen LogP contribution in [0.2, 0.25) is 0 Å². The fraction of sp³-hybridized carbons (Fsp3) is 0.500. The molecule has 17 heavy (non-hydrogen) atoms. The van der Waals surface area contributed by atoms with Gasteiger partial charge in [-0.3, -0.25) is 4.40 Å². The third-order valence-corrected chi connectivity index (χ3v) is 3.28. The van der Waals surface area contributed by atoms with Gasteiger partial charge in [-0.15, -0.1) is 10.2 Å². The van der Waals surface area contributed by atoms with Gasteiger partial charge in [0.05, 0.1) is 0 Å². The number of halogens is 1. The lowest BCUT2D eigenvalue weighted by Crippen LogP contribution is -2.36. The Morgan fingerprint density at radius 1 is 1.41 bits per heavy atom. The summed E-state index contributed by atoms with van der Waals surface area (Å²) in [4.78, 5) is 0. The average molecular weight is 234 g/mol. The molecule has 1 aliphatic rings. The average Bonchev–Trinajstić information content (AvgIpc) is 2.73. The quantitative estimate of drug-likeness (QED) is 0.857. The predicted octanol–water partition coefficient (Wildman–Crippen LogP) is 1.55. The second-order valence-corrected chi connectivity index (χ2v) is 4.54. The standard InChI is InChI=1S/C12H15FN4/c13-9-4-6-17-11(7-9)15-16-12(17)8-10-3-1-2-5-14-10/h4,6-7,10,14H,1-3,5,8H2. The molecule has 2 aromatic heterocycles. The highest BCUT2D eigenvalue weighted by Crippen LogP contribution is 2.13. The summed E-state index contributed by atoms with van der Waals surface area (Å²) >= 11 is 0. The van der Waals surface area contributed by atoms with Crippen molar-refractivity contribution >= 4 is 5.65 Å². The van der Waals surface area contributed by atoms with Crippen molar-refractivity contribution in [1.29, 1.82) is 0 Å². The zero-order valence-corrected chi connectivity index (χ0v) is 9.56. The first-order valence-corrected chi connectivity index (χ1v) is 6.05. The largest absolute Gasteiger partial charge is 0.314 e. The van der Waals surface area contributed by atoms with Crippen LogP contribution in [0.15, 0.2) is 18.3 Å². The lowest BCUT2D eigenvalue weighted by atomic mass is 10.0. The maximum absolute atomic E-state index is 13.0. The maximum Gasteiger partial charge on any atom is 0.163 e. The van der Waals surface area contributed by atoms with E-state index in [1.807, 2.05) is 4.40 Å². The van der Waals surface area contributed by atoms with Gasteiger partial charge in [0.25, 0.3) is 0 Å². The van der Waals surface area contributed by atoms with Gasteiger partial charge in [0.1, 0.15) is 11.6 Å². The fourth-order valence-corrected chi connectivity index (χ4v) is 2.37. The third kappa shape index (κ3) is 2.15. The summed E-state index contributed by atoms with van der Waals surface area (Å²) in [6.45, 7) is 1.08. The van der Waals surface area contributed by atoms with E-state index in [0.29, 0.717) is 11.7 Å². The van der Waals surface area contributed by atoms with Crippen molar-refractivity contribution in [2.45, 2.75) is 31.7 Å². The van der Waals surface area contributed by atoms with Gasteiger partial charge in [-0.25, -0.2) is 4.39 Å². The molecule has 0 aliphatic carbocycles. The van der Waals surface area contributed by atoms with Crippen LogP contribution in [0, 0.1) is 5.82 Å². The predicted molar refractivity (Wildman–Crippen MR) is 62.3 cm³/mol. The van der Waals surface area contributed by atoms with Gasteiger partial charge in [-0.1, -0.05) is 6.42 Å². The van der Waals surface area contributed by atoms with Crippen LogP contribution in [0.1, 0.15) is 25.1 Å². The molecule has 3 heterocycles. The molecule has 4 nitrogen and oxygen atoms in total. The Hall–Kier alpha value is -1.49. The van der Waals surface area contributed by atoms with Gasteiger partial charge in [-0.2, -0.15) is 0 Å². The molecule has 0 saturated carbocycles. The topological polar surface area (TPSA) is 42.2 Å². The Balaban J connectivity index is 1.84. The van der Waals surface area contributed by atoms with Gasteiger partial charge in [0.2, 0.25) is 0 Å². The molecule has 0 spiro atoms. The van der Waals surface area contributed by atoms with Crippen molar-refractivity contribution in [2.75, 3.05) is 6.54 Å². The molecule has 5 heteroatoms. The number of fused-ring (bicyclic) bond motifs is 1. The summed E-state index contributed by atoms with van der Waals surface area (Å²) in [5.41, 5.74) is 0.579. The highest BCUT2D eigenvalue weighted by molar-refractivity contribution is 5.37. The fourth-order valence-electron chi connectivity index (χ4n) is 2.37. The number of hydrogen-bond donors (Lipinski definition) is 1. The maximum atomic E-state index is 13.0. The van der Waals surface area contributed by atoms with E-state index in [0.717, 1.165) is 18.8 Å². The number of pyridine rings is 1. The van der Waals surface area contributed by atoms with Crippen LogP contribution >= 0.6 is 0 Å². The molecule has 0 amide bonds. The summed E-state index contributed by atoms with van der Waals surface area (Å²) in [6.07, 6.45) is 6.25. The summed E-state index contributed by atoms with van der Waals surface area (Å²) in [5, 5.41) is 11.6. The van der Waals surface area contributed by atoms with Crippen LogP contribution in [0.5, 0.6) is 0 Å². The molecule has 1 atom stereocenters. The number of piperidine rings is 1. The van der Waals surface area contributed by atoms with Crippen LogP contribution in [0.25, 0.3) is 5.65 Å². The third-order valence-electron chi connectivity index (χ3n) is 3.28. The number of rotatable bonds is 2. The molecule has 1 aliphatic heterocycles. The van der Waals surface area contributed by atoms with E-state index < -0.39 is 0 Å². The van der Waals surface area contributed by atoms with E-state index in [-0.39, 0.29) is 5.82 Å². The van der Waals surface area contributed by atoms with E-state index in [4.69, 9.17) is 0 Å². The minimum atomic E-state index is -0.271. The lowest BCUT2D eigenvalue weighted by molar-refractivity contribution is 0.393. The Kier molecular flexibility index (Phi) is 2.76. The molecule has 0 radical (unpaired) electrons. The van der Waals surface area contributed by atoms with Crippen molar-refractivity contribution in [3.05, 3.63) is 30.0 Å². The van der Waals surface area contributed by atoms with E-state index in [1.54, 1.807) is 6.20 Å². The van der Waals surface area contributed by atoms with Crippen molar-refractivity contribution < 1.29 is 4.39 Å². The molecule has 1 fully saturated rings. The molecular formula is C12H15FN4. The molecule has 90 valence electrons. The first-order valence-electron chi connectivity index (χ1n) is 6.05. The number of nitrogens with one attached hydrogen (secondary N) is 1. The zero-order chi connectivity index (χ0) is 11.7. The van der Waals surface area contributed by atoms with E-state index in [9.17, 15) is 4.39 Å². The van der Waals surface area contributed by atoms with Gasteiger partial charge in [0.15, 0.2) is 5.65 Å². The van der Waals surface area contributed by atoms with Crippen molar-refractivity contribution in [2.24, 2.45) is 0 Å². The smallest absolute Gasteiger partial charge is 0.163 e. The van der Waals surface area contributed by atoms with Crippen molar-refractivity contribution in [1.82, 2.24) is 19.9 Å². The van der Waals surface area contributed by atoms with Gasteiger partial charge >= 0.3 is 0 Å². The molecule has 0 aromatic carbocycles. The Morgan fingerprint density at radius 2 is 2.35 bits per heavy atom. The van der Waals surface area contributed by atoms with Crippen LogP contribution in [0.3, 0.4) is 0 Å². The Bertz CT molecular complexity index is 516. The summed E-state index contributed by atoms with van der Waals surface area (Å²) in [7, 11) is 0. The first kappa shape index (κ1) is 10.7. The number of nitrogens with zero attached hydrogens (tertiary/aromatic N) is 3. The first-order chi connectivity index (χ1) is 8.33. The lowest BCUT2D eigenvalue weighted by Gasteiger charge is -2.22. The second-order valence-electron chi connectivity index (χ2n) is 4.54. The summed E-state index contributed by atoms with van der Waals surface area (Å²) in [5.74, 6) is 0.631. The molecule has 3 rings (SSSR count). The number of hydrogen-bond acceptors (Lipinski definition) is 3. The highest BCUT2D eigenvalue weighted by Gasteiger charge is 2.16. The van der Waals surface area contributed by atoms with Gasteiger partial charge in [-0.05, 0) is 25.5 Å². The summed E-state index contributed by atoms with van der Waals surface area (Å²) < 4.78 is 14.9. The monoisotopic (exact) mass is 234 g/mol. The Labute approximate surface area is 98.9 Å². The van der Waals surface area contributed by atoms with E-state index in [1.165, 1.54) is 31.4 Å². The SMILES string of the molecule is Fc1ccn2c(CC3CCCCN3)nnc2c1. The van der Waals surface area contributed by atoms with Gasteiger partial charge < -0.3 is 5.32 Å². The van der Waals surface area contributed by atoms with Crippen LogP contribution in [0.4, 0.5) is 4.39 Å². The summed E-state index contributed by atoms with van der Waals surface area (Å²) in [6, 6.07) is 3.32. The van der Waals surface area contributed by atoms with Crippen LogP contribution in [-0.4, -0.2) is 27.2 Å². The number of aromatic nitrogens is 3. The molecule has 2 aromatic rings. The van der Waals surface area contributed by atoms with Crippen LogP contribution < -0.4 is 5.32 Å². The van der Waals surface area contributed by atoms with E-state index >= 15 is 0 Å². The molecular weight excluding hydrogens is 219 g/mol. The molecule has 1 unspecified atom stereocenters. The van der Waals surface area contributed by atoms with E-state index in [2.05, 4.69) is 15.5 Å². The second kappa shape index (κ2) is 4.41. The highest BCUT2D eigenvalue weighted by atomic mass is 19.1.